The van der Waals surface area contributed by atoms with Crippen molar-refractivity contribution in [1.29, 1.82) is 0 Å². The Morgan fingerprint density at radius 1 is 0.943 bits per heavy atom. The number of hydrogen-bond donors (Lipinski definition) is 0. The van der Waals surface area contributed by atoms with Crippen molar-refractivity contribution in [2.24, 2.45) is 0 Å². The number of piperidine rings is 2. The molecule has 1 aliphatic carbocycles. The van der Waals surface area contributed by atoms with Crippen molar-refractivity contribution in [2.45, 2.75) is 81.6 Å². The Morgan fingerprint density at radius 3 is 2.31 bits per heavy atom. The summed E-state index contributed by atoms with van der Waals surface area (Å²) in [5, 5.41) is 0. The Kier molecular flexibility index (Phi) is 6.44. The van der Waals surface area contributed by atoms with E-state index in [1.54, 1.807) is 5.56 Å². The predicted octanol–water partition coefficient (Wildman–Crippen LogP) is 4.15. The Balaban J connectivity index is 1.09. The van der Waals surface area contributed by atoms with E-state index in [1.807, 2.05) is 11.8 Å². The van der Waals surface area contributed by atoms with E-state index < -0.39 is 0 Å². The maximum absolute atomic E-state index is 12.1. The van der Waals surface area contributed by atoms with E-state index >= 15 is 0 Å². The monoisotopic (exact) mass is 483 g/mol. The van der Waals surface area contributed by atoms with Gasteiger partial charge in [-0.2, -0.15) is 0 Å². The van der Waals surface area contributed by atoms with Crippen molar-refractivity contribution < 1.29 is 19.0 Å². The highest BCUT2D eigenvalue weighted by Gasteiger charge is 2.49. The molecular formula is C28H41N3O4. The van der Waals surface area contributed by atoms with Crippen LogP contribution in [0.3, 0.4) is 0 Å². The lowest BCUT2D eigenvalue weighted by atomic mass is 9.74. The Labute approximate surface area is 209 Å². The van der Waals surface area contributed by atoms with E-state index in [-0.39, 0.29) is 17.3 Å². The van der Waals surface area contributed by atoms with Crippen LogP contribution in [0.25, 0.3) is 0 Å². The molecule has 0 radical (unpaired) electrons. The first-order valence-electron chi connectivity index (χ1n) is 13.9. The van der Waals surface area contributed by atoms with Crippen molar-refractivity contribution in [3.63, 3.8) is 0 Å². The van der Waals surface area contributed by atoms with Crippen LogP contribution in [0.4, 0.5) is 10.5 Å². The fourth-order valence-corrected chi connectivity index (χ4v) is 7.51. The van der Waals surface area contributed by atoms with Gasteiger partial charge in [-0.05, 0) is 70.2 Å². The zero-order valence-corrected chi connectivity index (χ0v) is 21.3. The number of anilines is 1. The number of carbonyl (C=O) groups is 1. The molecule has 0 atom stereocenters. The largest absolute Gasteiger partial charge is 0.450 e. The average molecular weight is 484 g/mol. The Morgan fingerprint density at radius 2 is 1.63 bits per heavy atom. The average Bonchev–Trinajstić information content (AvgIpc) is 3.49. The van der Waals surface area contributed by atoms with Crippen LogP contribution in [0.2, 0.25) is 0 Å². The third-order valence-electron chi connectivity index (χ3n) is 9.49. The molecule has 6 rings (SSSR count). The van der Waals surface area contributed by atoms with Gasteiger partial charge in [-0.25, -0.2) is 4.79 Å². The van der Waals surface area contributed by atoms with E-state index in [9.17, 15) is 4.79 Å². The third-order valence-corrected chi connectivity index (χ3v) is 9.49. The maximum Gasteiger partial charge on any atom is 0.409 e. The van der Waals surface area contributed by atoms with Gasteiger partial charge in [-0.15, -0.1) is 0 Å². The van der Waals surface area contributed by atoms with Crippen LogP contribution in [0.5, 0.6) is 0 Å². The van der Waals surface area contributed by atoms with Gasteiger partial charge in [0.1, 0.15) is 0 Å². The highest BCUT2D eigenvalue weighted by Crippen LogP contribution is 2.50. The lowest BCUT2D eigenvalue weighted by Gasteiger charge is -2.46. The maximum atomic E-state index is 12.1. The highest BCUT2D eigenvalue weighted by atomic mass is 16.7. The summed E-state index contributed by atoms with van der Waals surface area (Å²) >= 11 is 0. The van der Waals surface area contributed by atoms with E-state index in [1.165, 1.54) is 18.5 Å². The van der Waals surface area contributed by atoms with Gasteiger partial charge in [0.25, 0.3) is 0 Å². The number of nitrogens with zero attached hydrogens (tertiary/aromatic N) is 3. The number of carbonyl (C=O) groups excluding carboxylic acids is 1. The van der Waals surface area contributed by atoms with Gasteiger partial charge in [0, 0.05) is 55.7 Å². The smallest absolute Gasteiger partial charge is 0.409 e. The molecule has 192 valence electrons. The van der Waals surface area contributed by atoms with Gasteiger partial charge in [0.05, 0.1) is 19.8 Å². The van der Waals surface area contributed by atoms with Crippen molar-refractivity contribution in [3.8, 4) is 0 Å². The molecule has 4 heterocycles. The van der Waals surface area contributed by atoms with Crippen LogP contribution >= 0.6 is 0 Å². The summed E-state index contributed by atoms with van der Waals surface area (Å²) in [4.78, 5) is 19.4. The number of fused-ring (bicyclic) bond motifs is 2. The summed E-state index contributed by atoms with van der Waals surface area (Å²) in [5.41, 5.74) is 3.32. The summed E-state index contributed by atoms with van der Waals surface area (Å²) in [7, 11) is 0. The predicted molar refractivity (Wildman–Crippen MR) is 135 cm³/mol. The van der Waals surface area contributed by atoms with Crippen LogP contribution < -0.4 is 4.90 Å². The van der Waals surface area contributed by atoms with Crippen LogP contribution in [0, 0.1) is 0 Å². The van der Waals surface area contributed by atoms with E-state index in [0.29, 0.717) is 18.7 Å². The molecule has 4 fully saturated rings. The molecule has 0 bridgehead atoms. The second-order valence-corrected chi connectivity index (χ2v) is 11.2. The molecule has 4 aliphatic heterocycles. The third kappa shape index (κ3) is 4.34. The molecule has 1 saturated carbocycles. The molecule has 1 amide bonds. The second-order valence-electron chi connectivity index (χ2n) is 11.2. The van der Waals surface area contributed by atoms with Gasteiger partial charge in [0.2, 0.25) is 0 Å². The van der Waals surface area contributed by atoms with Gasteiger partial charge >= 0.3 is 6.09 Å². The minimum atomic E-state index is -0.290. The van der Waals surface area contributed by atoms with E-state index in [0.717, 1.165) is 84.5 Å². The fraction of sp³-hybridized carbons (Fsp3) is 0.750. The summed E-state index contributed by atoms with van der Waals surface area (Å²) in [6.45, 7) is 8.92. The second kappa shape index (κ2) is 9.56. The van der Waals surface area contributed by atoms with Crippen molar-refractivity contribution >= 4 is 11.8 Å². The number of likely N-dealkylation sites (tertiary alicyclic amines) is 2. The molecule has 7 nitrogen and oxygen atoms in total. The fourth-order valence-electron chi connectivity index (χ4n) is 7.51. The van der Waals surface area contributed by atoms with Crippen molar-refractivity contribution in [2.75, 3.05) is 57.4 Å². The van der Waals surface area contributed by atoms with Crippen molar-refractivity contribution in [3.05, 3.63) is 29.8 Å². The lowest BCUT2D eigenvalue weighted by molar-refractivity contribution is -0.178. The van der Waals surface area contributed by atoms with Crippen molar-refractivity contribution in [1.82, 2.24) is 9.80 Å². The van der Waals surface area contributed by atoms with Crippen LogP contribution in [-0.4, -0.2) is 86.3 Å². The van der Waals surface area contributed by atoms with Gasteiger partial charge < -0.3 is 28.9 Å². The quantitative estimate of drug-likeness (QED) is 0.644. The number of para-hydroxylation sites is 1. The molecule has 7 heteroatoms. The zero-order chi connectivity index (χ0) is 23.9. The van der Waals surface area contributed by atoms with Crippen LogP contribution in [0.1, 0.15) is 63.9 Å². The summed E-state index contributed by atoms with van der Waals surface area (Å²) in [6.07, 6.45) is 8.74. The topological polar surface area (TPSA) is 54.5 Å². The van der Waals surface area contributed by atoms with Crippen LogP contribution in [0.15, 0.2) is 24.3 Å². The molecule has 0 unspecified atom stereocenters. The standard InChI is InChI=1S/C28H41N3O4/c1-2-33-26(32)30-15-9-22(10-16-30)29-17-13-27(14-18-29)21-31(25-6-4-3-5-24(25)27)23-7-11-28(12-8-23)34-19-20-35-28/h3-6,22-23H,2,7-21H2,1H3. The van der Waals surface area contributed by atoms with Gasteiger partial charge in [-0.1, -0.05) is 18.2 Å². The Hall–Kier alpha value is -1.83. The number of hydrogen-bond acceptors (Lipinski definition) is 6. The Bertz CT molecular complexity index is 891. The summed E-state index contributed by atoms with van der Waals surface area (Å²) in [5.74, 6) is -0.290. The molecule has 35 heavy (non-hydrogen) atoms. The first-order chi connectivity index (χ1) is 17.1. The highest BCUT2D eigenvalue weighted by molar-refractivity contribution is 5.67. The summed E-state index contributed by atoms with van der Waals surface area (Å²) in [6, 6.07) is 10.4. The molecular weight excluding hydrogens is 442 g/mol. The molecule has 2 spiro atoms. The minimum Gasteiger partial charge on any atom is -0.450 e. The molecule has 0 N–H and O–H groups in total. The molecule has 0 aromatic heterocycles. The number of amides is 1. The molecule has 1 aromatic rings. The summed E-state index contributed by atoms with van der Waals surface area (Å²) < 4.78 is 17.2. The first-order valence-corrected chi connectivity index (χ1v) is 13.9. The van der Waals surface area contributed by atoms with E-state index in [2.05, 4.69) is 34.1 Å². The zero-order valence-electron chi connectivity index (χ0n) is 21.3. The van der Waals surface area contributed by atoms with Gasteiger partial charge in [-0.3, -0.25) is 0 Å². The van der Waals surface area contributed by atoms with Crippen LogP contribution in [-0.2, 0) is 19.6 Å². The SMILES string of the molecule is CCOC(=O)N1CCC(N2CCC3(CC2)CN(C2CCC4(CC2)OCCO4)c2ccccc23)CC1. The normalized spacial score (nSPS) is 27.0. The van der Waals surface area contributed by atoms with Gasteiger partial charge in [0.15, 0.2) is 5.79 Å². The van der Waals surface area contributed by atoms with E-state index in [4.69, 9.17) is 14.2 Å². The lowest BCUT2D eigenvalue weighted by Crippen LogP contribution is -2.53. The molecule has 5 aliphatic rings. The number of ether oxygens (including phenoxy) is 3. The number of rotatable bonds is 3. The number of benzene rings is 1. The molecule has 1 aromatic carbocycles. The minimum absolute atomic E-state index is 0.147. The molecule has 3 saturated heterocycles. The first kappa shape index (κ1) is 23.6.